The van der Waals surface area contributed by atoms with E-state index in [-0.39, 0.29) is 0 Å². The van der Waals surface area contributed by atoms with E-state index in [0.717, 1.165) is 0 Å². The zero-order valence-corrected chi connectivity index (χ0v) is 10.2. The molecule has 11 heavy (non-hydrogen) atoms. The van der Waals surface area contributed by atoms with Gasteiger partial charge in [-0.15, -0.1) is 0 Å². The molecule has 0 bridgehead atoms. The summed E-state index contributed by atoms with van der Waals surface area (Å²) in [5.41, 5.74) is 7.87. The Morgan fingerprint density at radius 2 is 1.45 bits per heavy atom. The van der Waals surface area contributed by atoms with Crippen LogP contribution in [0.3, 0.4) is 0 Å². The molecule has 0 heterocycles. The van der Waals surface area contributed by atoms with Gasteiger partial charge >= 0.3 is 74.5 Å². The third-order valence-corrected chi connectivity index (χ3v) is 6.45. The fourth-order valence-corrected chi connectivity index (χ4v) is 5.96. The molecule has 0 spiro atoms. The first-order valence-electron chi connectivity index (χ1n) is 4.19. The number of hydrogen-bond donors (Lipinski definition) is 0. The molecule has 0 radical (unpaired) electrons. The first-order chi connectivity index (χ1) is 5.13. The molecule has 0 aliphatic carbocycles. The second-order valence-electron chi connectivity index (χ2n) is 3.46. The fourth-order valence-electron chi connectivity index (χ4n) is 1.74. The van der Waals surface area contributed by atoms with Gasteiger partial charge in [-0.1, -0.05) is 0 Å². The van der Waals surface area contributed by atoms with E-state index >= 15 is 0 Å². The Morgan fingerprint density at radius 3 is 1.73 bits per heavy atom. The maximum absolute atomic E-state index is 2.43. The van der Waals surface area contributed by atoms with E-state index in [1.54, 1.807) is 4.12 Å². The SMILES string of the molecule is Cc1cccc(C)[c]1[Ga]([CH3])[CH3]. The van der Waals surface area contributed by atoms with Crippen LogP contribution in [0.4, 0.5) is 0 Å². The first-order valence-corrected chi connectivity index (χ1v) is 10.2. The average Bonchev–Trinajstić information content (AvgIpc) is 1.85. The van der Waals surface area contributed by atoms with Crippen LogP contribution in [0.15, 0.2) is 18.2 Å². The van der Waals surface area contributed by atoms with E-state index in [9.17, 15) is 0 Å². The van der Waals surface area contributed by atoms with Crippen molar-refractivity contribution < 1.29 is 0 Å². The Kier molecular flexibility index (Phi) is 2.85. The zero-order chi connectivity index (χ0) is 8.43. The summed E-state index contributed by atoms with van der Waals surface area (Å²) in [7, 11) is 0. The molecule has 0 atom stereocenters. The van der Waals surface area contributed by atoms with E-state index in [4.69, 9.17) is 0 Å². The molecule has 0 nitrogen and oxygen atoms in total. The molecular weight excluding hydrogens is 190 g/mol. The standard InChI is InChI=1S/C8H9.2CH3.Ga/c1-7-4-3-5-8(2)6-7;;;/h3-5H,1-2H3;2*1H3;. The molecule has 0 aliphatic heterocycles. The molecule has 0 saturated carbocycles. The minimum absolute atomic E-state index is 1.05. The second kappa shape index (κ2) is 3.50. The van der Waals surface area contributed by atoms with Gasteiger partial charge in [0.15, 0.2) is 0 Å². The third kappa shape index (κ3) is 1.91. The Morgan fingerprint density at radius 1 is 1.00 bits per heavy atom. The predicted octanol–water partition coefficient (Wildman–Crippen LogP) is 2.26. The van der Waals surface area contributed by atoms with Crippen molar-refractivity contribution >= 4 is 20.3 Å². The summed E-state index contributed by atoms with van der Waals surface area (Å²) in [5, 5.41) is 0. The number of hydrogen-bond acceptors (Lipinski definition) is 0. The second-order valence-corrected chi connectivity index (χ2v) is 9.52. The molecule has 0 fully saturated rings. The number of aryl methyl sites for hydroxylation is 2. The van der Waals surface area contributed by atoms with Crippen LogP contribution in [-0.2, 0) is 0 Å². The summed E-state index contributed by atoms with van der Waals surface area (Å²) in [4.78, 5) is 0. The molecule has 0 saturated heterocycles. The van der Waals surface area contributed by atoms with Gasteiger partial charge in [0.05, 0.1) is 0 Å². The van der Waals surface area contributed by atoms with Crippen LogP contribution in [0.25, 0.3) is 0 Å². The van der Waals surface area contributed by atoms with Crippen LogP contribution in [0.1, 0.15) is 11.1 Å². The van der Waals surface area contributed by atoms with Gasteiger partial charge in [0, 0.05) is 0 Å². The molecule has 1 heteroatoms. The summed E-state index contributed by atoms with van der Waals surface area (Å²) in [6, 6.07) is 6.61. The summed E-state index contributed by atoms with van der Waals surface area (Å²) in [6.45, 7) is 4.46. The van der Waals surface area contributed by atoms with Crippen LogP contribution < -0.4 is 4.12 Å². The van der Waals surface area contributed by atoms with Crippen LogP contribution in [0.2, 0.25) is 11.0 Å². The van der Waals surface area contributed by atoms with Crippen molar-refractivity contribution in [3.8, 4) is 0 Å². The molecule has 1 aromatic rings. The van der Waals surface area contributed by atoms with Crippen molar-refractivity contribution in [3.63, 3.8) is 0 Å². The van der Waals surface area contributed by atoms with E-state index in [1.807, 2.05) is 0 Å². The molecule has 58 valence electrons. The monoisotopic (exact) mass is 204 g/mol. The zero-order valence-electron chi connectivity index (χ0n) is 7.81. The number of benzene rings is 1. The quantitative estimate of drug-likeness (QED) is 0.616. The van der Waals surface area contributed by atoms with Crippen molar-refractivity contribution in [2.45, 2.75) is 24.8 Å². The Bertz CT molecular complexity index is 231. The fraction of sp³-hybridized carbons (Fsp3) is 0.400. The normalized spacial score (nSPS) is 9.82. The molecule has 0 aliphatic rings. The first kappa shape index (κ1) is 8.95. The van der Waals surface area contributed by atoms with Gasteiger partial charge in [0.1, 0.15) is 0 Å². The van der Waals surface area contributed by atoms with Gasteiger partial charge in [-0.25, -0.2) is 0 Å². The van der Waals surface area contributed by atoms with Gasteiger partial charge in [0.2, 0.25) is 0 Å². The Labute approximate surface area is 74.7 Å². The van der Waals surface area contributed by atoms with E-state index in [1.165, 1.54) is 11.1 Å². The molecule has 0 aromatic heterocycles. The van der Waals surface area contributed by atoms with Crippen LogP contribution in [0, 0.1) is 13.8 Å². The van der Waals surface area contributed by atoms with Crippen molar-refractivity contribution in [1.29, 1.82) is 0 Å². The van der Waals surface area contributed by atoms with Crippen molar-refractivity contribution in [3.05, 3.63) is 29.3 Å². The van der Waals surface area contributed by atoms with Gasteiger partial charge in [-0.2, -0.15) is 0 Å². The van der Waals surface area contributed by atoms with Crippen LogP contribution >= 0.6 is 0 Å². The van der Waals surface area contributed by atoms with Gasteiger partial charge in [-0.05, 0) is 0 Å². The molecule has 1 aromatic carbocycles. The number of rotatable bonds is 1. The Hall–Kier alpha value is -0.144. The maximum atomic E-state index is 2.43. The summed E-state index contributed by atoms with van der Waals surface area (Å²) in [6.07, 6.45) is 0. The Balaban J connectivity index is 3.21. The average molecular weight is 205 g/mol. The molecule has 0 unspecified atom stereocenters. The topological polar surface area (TPSA) is 0 Å². The summed E-state index contributed by atoms with van der Waals surface area (Å²) < 4.78 is 1.69. The molecular formula is C10H15Ga. The van der Waals surface area contributed by atoms with Crippen LogP contribution in [-0.4, -0.2) is 16.2 Å². The van der Waals surface area contributed by atoms with Gasteiger partial charge in [-0.3, -0.25) is 0 Å². The summed E-state index contributed by atoms with van der Waals surface area (Å²) >= 11 is -1.05. The van der Waals surface area contributed by atoms with Gasteiger partial charge < -0.3 is 0 Å². The van der Waals surface area contributed by atoms with Gasteiger partial charge in [0.25, 0.3) is 0 Å². The van der Waals surface area contributed by atoms with Crippen molar-refractivity contribution in [2.24, 2.45) is 0 Å². The van der Waals surface area contributed by atoms with E-state index < -0.39 is 16.2 Å². The third-order valence-electron chi connectivity index (χ3n) is 2.12. The molecule has 1 rings (SSSR count). The predicted molar refractivity (Wildman–Crippen MR) is 53.0 cm³/mol. The molecule has 0 amide bonds. The minimum atomic E-state index is -1.05. The molecule has 0 N–H and O–H groups in total. The van der Waals surface area contributed by atoms with Crippen molar-refractivity contribution in [2.75, 3.05) is 0 Å². The van der Waals surface area contributed by atoms with E-state index in [0.29, 0.717) is 0 Å². The summed E-state index contributed by atoms with van der Waals surface area (Å²) in [5.74, 6) is 0. The van der Waals surface area contributed by atoms with Crippen molar-refractivity contribution in [1.82, 2.24) is 0 Å². The van der Waals surface area contributed by atoms with Crippen LogP contribution in [0.5, 0.6) is 0 Å². The van der Waals surface area contributed by atoms with E-state index in [2.05, 4.69) is 43.0 Å².